The van der Waals surface area contributed by atoms with Crippen LogP contribution in [0.3, 0.4) is 0 Å². The van der Waals surface area contributed by atoms with Gasteiger partial charge in [0.1, 0.15) is 5.75 Å². The van der Waals surface area contributed by atoms with Gasteiger partial charge in [-0.15, -0.1) is 0 Å². The van der Waals surface area contributed by atoms with Gasteiger partial charge in [-0.3, -0.25) is 4.79 Å². The number of carbonyl (C=O) groups is 1. The molecule has 0 fully saturated rings. The van der Waals surface area contributed by atoms with E-state index in [2.05, 4.69) is 10.0 Å². The molecule has 1 amide bonds. The summed E-state index contributed by atoms with van der Waals surface area (Å²) in [5.74, 6) is 0.114. The molecule has 0 aliphatic heterocycles. The van der Waals surface area contributed by atoms with E-state index in [0.29, 0.717) is 22.0 Å². The van der Waals surface area contributed by atoms with Crippen molar-refractivity contribution in [3.63, 3.8) is 0 Å². The Hall–Kier alpha value is -2.09. The van der Waals surface area contributed by atoms with Crippen LogP contribution < -0.4 is 14.8 Å². The monoisotopic (exact) mass is 382 g/mol. The highest BCUT2D eigenvalue weighted by molar-refractivity contribution is 7.89. The van der Waals surface area contributed by atoms with E-state index in [-0.39, 0.29) is 4.90 Å². The van der Waals surface area contributed by atoms with Gasteiger partial charge in [0.05, 0.1) is 18.0 Å². The number of anilines is 1. The molecule has 2 aromatic rings. The van der Waals surface area contributed by atoms with Gasteiger partial charge in [-0.2, -0.15) is 4.72 Å². The molecule has 0 aliphatic rings. The molecule has 2 rings (SSSR count). The van der Waals surface area contributed by atoms with Crippen LogP contribution in [0.2, 0.25) is 5.02 Å². The van der Waals surface area contributed by atoms with Crippen molar-refractivity contribution in [2.75, 3.05) is 12.4 Å². The summed E-state index contributed by atoms with van der Waals surface area (Å²) in [4.78, 5) is 12.2. The molecule has 0 bridgehead atoms. The molecule has 0 aromatic heterocycles. The molecule has 0 saturated carbocycles. The molecule has 0 saturated heterocycles. The average molecular weight is 383 g/mol. The van der Waals surface area contributed by atoms with Crippen molar-refractivity contribution in [3.8, 4) is 5.75 Å². The third-order valence-corrected chi connectivity index (χ3v) is 5.30. The molecule has 134 valence electrons. The standard InChI is InChI=1S/C17H19ClN2O4S/c1-11-10-15(8-9-16(11)24-3)25(22,23)20-12(2)17(21)19-14-6-4-13(18)5-7-14/h4-10,12,20H,1-3H3,(H,19,21). The largest absolute Gasteiger partial charge is 0.496 e. The Morgan fingerprint density at radius 2 is 1.80 bits per heavy atom. The minimum absolute atomic E-state index is 0.0666. The van der Waals surface area contributed by atoms with Crippen molar-refractivity contribution < 1.29 is 17.9 Å². The maximum Gasteiger partial charge on any atom is 0.242 e. The lowest BCUT2D eigenvalue weighted by Gasteiger charge is -2.15. The Bertz CT molecular complexity index is 867. The number of benzene rings is 2. The summed E-state index contributed by atoms with van der Waals surface area (Å²) in [5, 5.41) is 3.17. The third kappa shape index (κ3) is 4.94. The number of sulfonamides is 1. The van der Waals surface area contributed by atoms with Crippen LogP contribution in [0.1, 0.15) is 12.5 Å². The van der Waals surface area contributed by atoms with Gasteiger partial charge in [-0.1, -0.05) is 11.6 Å². The molecule has 0 radical (unpaired) electrons. The molecule has 2 N–H and O–H groups in total. The van der Waals surface area contributed by atoms with Crippen LogP contribution in [-0.4, -0.2) is 27.5 Å². The van der Waals surface area contributed by atoms with Crippen LogP contribution in [0.15, 0.2) is 47.4 Å². The zero-order valence-corrected chi connectivity index (χ0v) is 15.6. The van der Waals surface area contributed by atoms with E-state index in [0.717, 1.165) is 0 Å². The number of rotatable bonds is 6. The van der Waals surface area contributed by atoms with Crippen LogP contribution in [0.25, 0.3) is 0 Å². The lowest BCUT2D eigenvalue weighted by atomic mass is 10.2. The fourth-order valence-electron chi connectivity index (χ4n) is 2.16. The molecule has 8 heteroatoms. The number of hydrogen-bond acceptors (Lipinski definition) is 4. The van der Waals surface area contributed by atoms with Crippen molar-refractivity contribution in [3.05, 3.63) is 53.1 Å². The number of ether oxygens (including phenoxy) is 1. The summed E-state index contributed by atoms with van der Waals surface area (Å²) in [6, 6.07) is 10.1. The van der Waals surface area contributed by atoms with Crippen molar-refractivity contribution in [2.45, 2.75) is 24.8 Å². The smallest absolute Gasteiger partial charge is 0.242 e. The van der Waals surface area contributed by atoms with Gasteiger partial charge in [-0.05, 0) is 61.9 Å². The van der Waals surface area contributed by atoms with Gasteiger partial charge in [-0.25, -0.2) is 8.42 Å². The minimum Gasteiger partial charge on any atom is -0.496 e. The fraction of sp³-hybridized carbons (Fsp3) is 0.235. The molecule has 6 nitrogen and oxygen atoms in total. The summed E-state index contributed by atoms with van der Waals surface area (Å²) >= 11 is 5.79. The first-order valence-electron chi connectivity index (χ1n) is 7.46. The van der Waals surface area contributed by atoms with Crippen LogP contribution in [-0.2, 0) is 14.8 Å². The Morgan fingerprint density at radius 1 is 1.16 bits per heavy atom. The number of methoxy groups -OCH3 is 1. The Labute approximate surface area is 152 Å². The first-order valence-corrected chi connectivity index (χ1v) is 9.32. The van der Waals surface area contributed by atoms with E-state index in [1.807, 2.05) is 0 Å². The first kappa shape index (κ1) is 19.2. The summed E-state index contributed by atoms with van der Waals surface area (Å²) in [7, 11) is -2.33. The number of halogens is 1. The van der Waals surface area contributed by atoms with E-state index >= 15 is 0 Å². The Kier molecular flexibility index (Phi) is 6.05. The summed E-state index contributed by atoms with van der Waals surface area (Å²) in [6.07, 6.45) is 0. The van der Waals surface area contributed by atoms with Gasteiger partial charge in [0.2, 0.25) is 15.9 Å². The van der Waals surface area contributed by atoms with E-state index < -0.39 is 22.0 Å². The van der Waals surface area contributed by atoms with Crippen LogP contribution in [0.5, 0.6) is 5.75 Å². The second-order valence-corrected chi connectivity index (χ2v) is 7.62. The van der Waals surface area contributed by atoms with E-state index in [1.54, 1.807) is 37.3 Å². The number of carbonyl (C=O) groups excluding carboxylic acids is 1. The van der Waals surface area contributed by atoms with Crippen molar-refractivity contribution in [1.29, 1.82) is 0 Å². The van der Waals surface area contributed by atoms with Crippen LogP contribution in [0.4, 0.5) is 5.69 Å². The van der Waals surface area contributed by atoms with Gasteiger partial charge < -0.3 is 10.1 Å². The Morgan fingerprint density at radius 3 is 2.36 bits per heavy atom. The molecule has 1 atom stereocenters. The van der Waals surface area contributed by atoms with E-state index in [1.165, 1.54) is 26.2 Å². The SMILES string of the molecule is COc1ccc(S(=O)(=O)NC(C)C(=O)Nc2ccc(Cl)cc2)cc1C. The number of hydrogen-bond donors (Lipinski definition) is 2. The maximum atomic E-state index is 12.4. The maximum absolute atomic E-state index is 12.4. The highest BCUT2D eigenvalue weighted by Gasteiger charge is 2.22. The summed E-state index contributed by atoms with van der Waals surface area (Å²) in [5.41, 5.74) is 1.21. The fourth-order valence-corrected chi connectivity index (χ4v) is 3.57. The molecule has 0 aliphatic carbocycles. The summed E-state index contributed by atoms with van der Waals surface area (Å²) < 4.78 is 32.4. The van der Waals surface area contributed by atoms with Gasteiger partial charge in [0.25, 0.3) is 0 Å². The van der Waals surface area contributed by atoms with E-state index in [4.69, 9.17) is 16.3 Å². The lowest BCUT2D eigenvalue weighted by Crippen LogP contribution is -2.41. The minimum atomic E-state index is -3.84. The van der Waals surface area contributed by atoms with Gasteiger partial charge >= 0.3 is 0 Å². The predicted octanol–water partition coefficient (Wildman–Crippen LogP) is 2.96. The molecule has 0 spiro atoms. The molecule has 25 heavy (non-hydrogen) atoms. The first-order chi connectivity index (χ1) is 11.7. The predicted molar refractivity (Wildman–Crippen MR) is 97.6 cm³/mol. The molecule has 2 aromatic carbocycles. The van der Waals surface area contributed by atoms with Crippen LogP contribution >= 0.6 is 11.6 Å². The van der Waals surface area contributed by atoms with Crippen molar-refractivity contribution in [1.82, 2.24) is 4.72 Å². The highest BCUT2D eigenvalue weighted by Crippen LogP contribution is 2.21. The quantitative estimate of drug-likeness (QED) is 0.804. The zero-order chi connectivity index (χ0) is 18.6. The second kappa shape index (κ2) is 7.86. The molecule has 0 heterocycles. The average Bonchev–Trinajstić information content (AvgIpc) is 2.56. The normalized spacial score (nSPS) is 12.5. The number of aryl methyl sites for hydroxylation is 1. The topological polar surface area (TPSA) is 84.5 Å². The molecular formula is C17H19ClN2O4S. The summed E-state index contributed by atoms with van der Waals surface area (Å²) in [6.45, 7) is 3.22. The highest BCUT2D eigenvalue weighted by atomic mass is 35.5. The van der Waals surface area contributed by atoms with Gasteiger partial charge in [0, 0.05) is 10.7 Å². The van der Waals surface area contributed by atoms with E-state index in [9.17, 15) is 13.2 Å². The molecule has 1 unspecified atom stereocenters. The van der Waals surface area contributed by atoms with Gasteiger partial charge in [0.15, 0.2) is 0 Å². The van der Waals surface area contributed by atoms with Crippen molar-refractivity contribution in [2.24, 2.45) is 0 Å². The van der Waals surface area contributed by atoms with Crippen LogP contribution in [0, 0.1) is 6.92 Å². The van der Waals surface area contributed by atoms with Crippen molar-refractivity contribution >= 4 is 33.2 Å². The zero-order valence-electron chi connectivity index (χ0n) is 14.0. The number of nitrogens with one attached hydrogen (secondary N) is 2. The third-order valence-electron chi connectivity index (χ3n) is 3.51. The number of amides is 1. The molecular weight excluding hydrogens is 364 g/mol. The Balaban J connectivity index is 2.09. The second-order valence-electron chi connectivity index (χ2n) is 5.47. The lowest BCUT2D eigenvalue weighted by molar-refractivity contribution is -0.117.